The van der Waals surface area contributed by atoms with Crippen LogP contribution in [0.25, 0.3) is 0 Å². The number of nitrogens with zero attached hydrogens (tertiary/aromatic N) is 3. The number of likely N-dealkylation sites (tertiary alicyclic amines) is 1. The smallest absolute Gasteiger partial charge is 0.228 e. The molecule has 2 rings (SSSR count). The Hall–Kier alpha value is -1.66. The normalized spacial score (nSPS) is 21.0. The Bertz CT molecular complexity index is 524. The van der Waals surface area contributed by atoms with Gasteiger partial charge in [-0.1, -0.05) is 6.07 Å². The van der Waals surface area contributed by atoms with Crippen molar-refractivity contribution < 1.29 is 14.6 Å². The molecule has 1 aromatic rings. The molecule has 1 saturated heterocycles. The van der Waals surface area contributed by atoms with Gasteiger partial charge in [0.15, 0.2) is 0 Å². The molecular formula is C17H27N3O3. The number of amides is 1. The van der Waals surface area contributed by atoms with Crippen LogP contribution in [0, 0.1) is 0 Å². The first-order valence-electron chi connectivity index (χ1n) is 8.26. The van der Waals surface area contributed by atoms with Gasteiger partial charge < -0.3 is 14.7 Å². The van der Waals surface area contributed by atoms with Gasteiger partial charge in [0.05, 0.1) is 25.3 Å². The van der Waals surface area contributed by atoms with Crippen molar-refractivity contribution in [1.29, 1.82) is 0 Å². The fourth-order valence-corrected chi connectivity index (χ4v) is 3.23. The topological polar surface area (TPSA) is 65.9 Å². The number of pyridine rings is 1. The number of carbonyl (C=O) groups is 1. The van der Waals surface area contributed by atoms with Crippen LogP contribution in [0.4, 0.5) is 0 Å². The number of carbonyl (C=O) groups excluding carboxylic acids is 1. The van der Waals surface area contributed by atoms with E-state index in [4.69, 9.17) is 9.84 Å². The molecule has 1 aliphatic rings. The zero-order valence-electron chi connectivity index (χ0n) is 14.2. The van der Waals surface area contributed by atoms with Crippen molar-refractivity contribution in [1.82, 2.24) is 14.8 Å². The summed E-state index contributed by atoms with van der Waals surface area (Å²) in [6.45, 7) is 6.08. The molecule has 2 heterocycles. The van der Waals surface area contributed by atoms with E-state index in [0.717, 1.165) is 18.7 Å². The van der Waals surface area contributed by atoms with Crippen LogP contribution in [0.15, 0.2) is 18.2 Å². The van der Waals surface area contributed by atoms with Crippen LogP contribution in [0.3, 0.4) is 0 Å². The van der Waals surface area contributed by atoms with Gasteiger partial charge in [0.1, 0.15) is 0 Å². The Balaban J connectivity index is 1.97. The Labute approximate surface area is 138 Å². The third kappa shape index (κ3) is 4.42. The number of aliphatic hydroxyl groups excluding tert-OH is 1. The van der Waals surface area contributed by atoms with E-state index in [2.05, 4.69) is 16.8 Å². The first-order valence-corrected chi connectivity index (χ1v) is 8.26. The summed E-state index contributed by atoms with van der Waals surface area (Å²) in [7, 11) is 2.00. The molecule has 1 aromatic heterocycles. The molecule has 0 aliphatic carbocycles. The van der Waals surface area contributed by atoms with Crippen molar-refractivity contribution >= 4 is 5.91 Å². The predicted molar refractivity (Wildman–Crippen MR) is 88.4 cm³/mol. The summed E-state index contributed by atoms with van der Waals surface area (Å²) in [6, 6.07) is 5.97. The van der Waals surface area contributed by atoms with Gasteiger partial charge in [-0.3, -0.25) is 9.69 Å². The lowest BCUT2D eigenvalue weighted by Crippen LogP contribution is -2.45. The van der Waals surface area contributed by atoms with Crippen LogP contribution in [-0.4, -0.2) is 71.2 Å². The third-order valence-electron chi connectivity index (χ3n) is 4.46. The molecule has 0 unspecified atom stereocenters. The van der Waals surface area contributed by atoms with Crippen molar-refractivity contribution in [2.75, 3.05) is 33.4 Å². The minimum Gasteiger partial charge on any atom is -0.478 e. The van der Waals surface area contributed by atoms with Gasteiger partial charge in [0.2, 0.25) is 11.8 Å². The zero-order valence-corrected chi connectivity index (χ0v) is 14.2. The Morgan fingerprint density at radius 3 is 3.00 bits per heavy atom. The van der Waals surface area contributed by atoms with Crippen LogP contribution in [-0.2, 0) is 11.2 Å². The van der Waals surface area contributed by atoms with E-state index in [0.29, 0.717) is 31.5 Å². The van der Waals surface area contributed by atoms with Crippen LogP contribution < -0.4 is 4.74 Å². The monoisotopic (exact) mass is 321 g/mol. The highest BCUT2D eigenvalue weighted by Crippen LogP contribution is 2.23. The Morgan fingerprint density at radius 1 is 1.52 bits per heavy atom. The minimum atomic E-state index is 0.0959. The van der Waals surface area contributed by atoms with Gasteiger partial charge in [0.25, 0.3) is 0 Å². The van der Waals surface area contributed by atoms with E-state index in [1.165, 1.54) is 0 Å². The van der Waals surface area contributed by atoms with Gasteiger partial charge >= 0.3 is 0 Å². The Kier molecular flexibility index (Phi) is 6.36. The van der Waals surface area contributed by atoms with E-state index in [1.54, 1.807) is 6.07 Å². The number of aromatic nitrogens is 1. The molecule has 0 aromatic carbocycles. The van der Waals surface area contributed by atoms with E-state index in [9.17, 15) is 4.79 Å². The number of hydrogen-bond acceptors (Lipinski definition) is 5. The van der Waals surface area contributed by atoms with E-state index in [1.807, 2.05) is 31.0 Å². The highest BCUT2D eigenvalue weighted by Gasteiger charge is 2.35. The van der Waals surface area contributed by atoms with Crippen LogP contribution >= 0.6 is 0 Å². The molecule has 0 bridgehead atoms. The lowest BCUT2D eigenvalue weighted by molar-refractivity contribution is -0.131. The molecular weight excluding hydrogens is 294 g/mol. The maximum atomic E-state index is 12.6. The lowest BCUT2D eigenvalue weighted by atomic mass is 10.1. The summed E-state index contributed by atoms with van der Waals surface area (Å²) in [4.78, 5) is 21.0. The molecule has 1 amide bonds. The summed E-state index contributed by atoms with van der Waals surface area (Å²) in [5.41, 5.74) is 0.736. The van der Waals surface area contributed by atoms with Gasteiger partial charge in [0, 0.05) is 31.2 Å². The molecule has 1 aliphatic heterocycles. The predicted octanol–water partition coefficient (Wildman–Crippen LogP) is 0.936. The summed E-state index contributed by atoms with van der Waals surface area (Å²) in [5.74, 6) is 0.659. The number of hydrogen-bond donors (Lipinski definition) is 1. The molecule has 0 saturated carbocycles. The SMILES string of the molecule is CCOc1cccc(CC(=O)N2CC[C@@H](N(C)CCO)[C@H]2C)n1. The van der Waals surface area contributed by atoms with Gasteiger partial charge in [-0.05, 0) is 33.4 Å². The van der Waals surface area contributed by atoms with E-state index in [-0.39, 0.29) is 18.6 Å². The number of likely N-dealkylation sites (N-methyl/N-ethyl adjacent to an activating group) is 1. The lowest BCUT2D eigenvalue weighted by Gasteiger charge is -2.30. The molecule has 6 nitrogen and oxygen atoms in total. The Morgan fingerprint density at radius 2 is 2.30 bits per heavy atom. The number of ether oxygens (including phenoxy) is 1. The van der Waals surface area contributed by atoms with Crippen LogP contribution in [0.1, 0.15) is 26.0 Å². The van der Waals surface area contributed by atoms with Gasteiger partial charge in [-0.2, -0.15) is 0 Å². The first-order chi connectivity index (χ1) is 11.1. The average molecular weight is 321 g/mol. The summed E-state index contributed by atoms with van der Waals surface area (Å²) in [6.07, 6.45) is 1.23. The second kappa shape index (κ2) is 8.26. The second-order valence-electron chi connectivity index (χ2n) is 5.96. The maximum Gasteiger partial charge on any atom is 0.228 e. The zero-order chi connectivity index (χ0) is 16.8. The standard InChI is InChI=1S/C17H27N3O3/c1-4-23-16-7-5-6-14(18-16)12-17(22)20-9-8-15(13(20)2)19(3)10-11-21/h5-7,13,15,21H,4,8-12H2,1-3H3/t13-,15-/m1/s1. The third-order valence-corrected chi connectivity index (χ3v) is 4.46. The first kappa shape index (κ1) is 17.7. The molecule has 128 valence electrons. The van der Waals surface area contributed by atoms with Gasteiger partial charge in [-0.15, -0.1) is 0 Å². The molecule has 23 heavy (non-hydrogen) atoms. The maximum absolute atomic E-state index is 12.6. The molecule has 0 radical (unpaired) electrons. The van der Waals surface area contributed by atoms with E-state index >= 15 is 0 Å². The van der Waals surface area contributed by atoms with Crippen LogP contribution in [0.5, 0.6) is 5.88 Å². The number of rotatable bonds is 7. The molecule has 1 fully saturated rings. The highest BCUT2D eigenvalue weighted by molar-refractivity contribution is 5.79. The quantitative estimate of drug-likeness (QED) is 0.809. The highest BCUT2D eigenvalue weighted by atomic mass is 16.5. The van der Waals surface area contributed by atoms with Crippen molar-refractivity contribution in [3.8, 4) is 5.88 Å². The van der Waals surface area contributed by atoms with Gasteiger partial charge in [-0.25, -0.2) is 4.98 Å². The fourth-order valence-electron chi connectivity index (χ4n) is 3.23. The summed E-state index contributed by atoms with van der Waals surface area (Å²) < 4.78 is 5.38. The van der Waals surface area contributed by atoms with Crippen molar-refractivity contribution in [2.45, 2.75) is 38.8 Å². The minimum absolute atomic E-state index is 0.0959. The average Bonchev–Trinajstić information content (AvgIpc) is 2.90. The molecule has 2 atom stereocenters. The van der Waals surface area contributed by atoms with Crippen LogP contribution in [0.2, 0.25) is 0 Å². The molecule has 1 N–H and O–H groups in total. The van der Waals surface area contributed by atoms with Crippen molar-refractivity contribution in [2.24, 2.45) is 0 Å². The fraction of sp³-hybridized carbons (Fsp3) is 0.647. The molecule has 6 heteroatoms. The second-order valence-corrected chi connectivity index (χ2v) is 5.96. The largest absolute Gasteiger partial charge is 0.478 e. The van der Waals surface area contributed by atoms with E-state index < -0.39 is 0 Å². The summed E-state index contributed by atoms with van der Waals surface area (Å²) >= 11 is 0. The molecule has 0 spiro atoms. The van der Waals surface area contributed by atoms with Crippen molar-refractivity contribution in [3.05, 3.63) is 23.9 Å². The van der Waals surface area contributed by atoms with Crippen molar-refractivity contribution in [3.63, 3.8) is 0 Å². The summed E-state index contributed by atoms with van der Waals surface area (Å²) in [5, 5.41) is 9.08. The number of aliphatic hydroxyl groups is 1.